The van der Waals surface area contributed by atoms with Crippen molar-refractivity contribution in [2.45, 2.75) is 5.16 Å². The normalized spacial score (nSPS) is 11.2. The average Bonchev–Trinajstić information content (AvgIpc) is 2.42. The van der Waals surface area contributed by atoms with Gasteiger partial charge >= 0.3 is 0 Å². The first-order valence-corrected chi connectivity index (χ1v) is 8.21. The lowest BCUT2D eigenvalue weighted by Crippen LogP contribution is -2.05. The van der Waals surface area contributed by atoms with Crippen molar-refractivity contribution < 1.29 is 17.9 Å². The van der Waals surface area contributed by atoms with Crippen molar-refractivity contribution in [2.24, 2.45) is 0 Å². The third kappa shape index (κ3) is 3.55. The highest BCUT2D eigenvalue weighted by molar-refractivity contribution is 7.90. The fourth-order valence-corrected chi connectivity index (χ4v) is 2.52. The van der Waals surface area contributed by atoms with E-state index < -0.39 is 15.0 Å². The first kappa shape index (κ1) is 15.8. The molecule has 2 rings (SSSR count). The number of para-hydroxylation sites is 2. The van der Waals surface area contributed by atoms with Crippen LogP contribution in [0.15, 0.2) is 29.4 Å². The SMILES string of the molecule is COc1ccccc1Oc1c(Cl)nc(S(C)(=O)=O)nc1Cl. The van der Waals surface area contributed by atoms with Gasteiger partial charge in [0.1, 0.15) is 0 Å². The van der Waals surface area contributed by atoms with Crippen LogP contribution in [0.1, 0.15) is 0 Å². The molecule has 0 atom stereocenters. The van der Waals surface area contributed by atoms with E-state index >= 15 is 0 Å². The average molecular weight is 349 g/mol. The second kappa shape index (κ2) is 6.05. The maximum atomic E-state index is 11.4. The van der Waals surface area contributed by atoms with E-state index in [-0.39, 0.29) is 16.1 Å². The van der Waals surface area contributed by atoms with Crippen molar-refractivity contribution in [2.75, 3.05) is 13.4 Å². The molecule has 0 bridgehead atoms. The summed E-state index contributed by atoms with van der Waals surface area (Å²) in [4.78, 5) is 7.35. The van der Waals surface area contributed by atoms with Gasteiger partial charge in [-0.15, -0.1) is 0 Å². The van der Waals surface area contributed by atoms with Gasteiger partial charge in [0.25, 0.3) is 0 Å². The van der Waals surface area contributed by atoms with Gasteiger partial charge in [0, 0.05) is 6.26 Å². The lowest BCUT2D eigenvalue weighted by atomic mass is 10.3. The molecule has 0 radical (unpaired) electrons. The van der Waals surface area contributed by atoms with Crippen molar-refractivity contribution in [3.05, 3.63) is 34.6 Å². The molecule has 1 aromatic heterocycles. The summed E-state index contributed by atoms with van der Waals surface area (Å²) in [6, 6.07) is 6.81. The minimum atomic E-state index is -3.62. The first-order valence-electron chi connectivity index (χ1n) is 5.57. The molecule has 0 amide bonds. The summed E-state index contributed by atoms with van der Waals surface area (Å²) in [5.41, 5.74) is 0. The minimum absolute atomic E-state index is 0.0461. The van der Waals surface area contributed by atoms with Crippen LogP contribution in [0.5, 0.6) is 17.2 Å². The topological polar surface area (TPSA) is 78.4 Å². The lowest BCUT2D eigenvalue weighted by molar-refractivity contribution is 0.377. The van der Waals surface area contributed by atoms with Gasteiger partial charge in [0.05, 0.1) is 7.11 Å². The van der Waals surface area contributed by atoms with Crippen LogP contribution in [0.2, 0.25) is 10.3 Å². The Morgan fingerprint density at radius 2 is 1.57 bits per heavy atom. The standard InChI is InChI=1S/C12H10Cl2N2O4S/c1-19-7-5-3-4-6-8(7)20-9-10(13)15-12(16-11(9)14)21(2,17)18/h3-6H,1-2H3. The zero-order valence-corrected chi connectivity index (χ0v) is 13.3. The highest BCUT2D eigenvalue weighted by Gasteiger charge is 2.20. The van der Waals surface area contributed by atoms with Gasteiger partial charge in [-0.1, -0.05) is 35.3 Å². The number of sulfone groups is 1. The van der Waals surface area contributed by atoms with E-state index in [0.29, 0.717) is 11.5 Å². The van der Waals surface area contributed by atoms with Gasteiger partial charge < -0.3 is 9.47 Å². The summed E-state index contributed by atoms with van der Waals surface area (Å²) in [6.07, 6.45) is 0.954. The summed E-state index contributed by atoms with van der Waals surface area (Å²) in [5.74, 6) is 0.756. The largest absolute Gasteiger partial charge is 0.493 e. The Hall–Kier alpha value is -1.57. The van der Waals surface area contributed by atoms with Crippen molar-refractivity contribution in [3.8, 4) is 17.2 Å². The van der Waals surface area contributed by atoms with Crippen LogP contribution in [0.4, 0.5) is 0 Å². The van der Waals surface area contributed by atoms with Crippen LogP contribution in [-0.2, 0) is 9.84 Å². The molecule has 0 unspecified atom stereocenters. The molecule has 0 spiro atoms. The third-order valence-corrected chi connectivity index (χ3v) is 3.73. The zero-order valence-electron chi connectivity index (χ0n) is 11.0. The Kier molecular flexibility index (Phi) is 4.55. The van der Waals surface area contributed by atoms with Gasteiger partial charge in [-0.2, -0.15) is 0 Å². The molecule has 21 heavy (non-hydrogen) atoms. The molecule has 9 heteroatoms. The molecule has 0 N–H and O–H groups in total. The fourth-order valence-electron chi connectivity index (χ4n) is 1.44. The number of hydrogen-bond donors (Lipinski definition) is 0. The zero-order chi connectivity index (χ0) is 15.6. The Morgan fingerprint density at radius 3 is 2.05 bits per heavy atom. The van der Waals surface area contributed by atoms with Crippen molar-refractivity contribution in [3.63, 3.8) is 0 Å². The summed E-state index contributed by atoms with van der Waals surface area (Å²) >= 11 is 11.8. The second-order valence-electron chi connectivity index (χ2n) is 3.94. The van der Waals surface area contributed by atoms with Crippen LogP contribution in [0, 0.1) is 0 Å². The first-order chi connectivity index (χ1) is 9.82. The summed E-state index contributed by atoms with van der Waals surface area (Å²) in [5, 5.41) is -0.882. The van der Waals surface area contributed by atoms with Crippen molar-refractivity contribution in [1.82, 2.24) is 9.97 Å². The number of hydrogen-bond acceptors (Lipinski definition) is 6. The molecule has 0 aliphatic rings. The number of ether oxygens (including phenoxy) is 2. The van der Waals surface area contributed by atoms with Gasteiger partial charge in [0.2, 0.25) is 20.7 Å². The quantitative estimate of drug-likeness (QED) is 0.624. The Balaban J connectivity index is 2.46. The van der Waals surface area contributed by atoms with Gasteiger partial charge in [-0.3, -0.25) is 0 Å². The Morgan fingerprint density at radius 1 is 1.05 bits per heavy atom. The van der Waals surface area contributed by atoms with Crippen LogP contribution in [0.25, 0.3) is 0 Å². The fraction of sp³-hybridized carbons (Fsp3) is 0.167. The van der Waals surface area contributed by atoms with Crippen molar-refractivity contribution >= 4 is 33.0 Å². The van der Waals surface area contributed by atoms with E-state index in [0.717, 1.165) is 6.26 Å². The highest BCUT2D eigenvalue weighted by Crippen LogP contribution is 2.38. The van der Waals surface area contributed by atoms with Gasteiger partial charge in [0.15, 0.2) is 21.8 Å². The number of rotatable bonds is 4. The molecule has 0 fully saturated rings. The Bertz CT molecular complexity index is 758. The van der Waals surface area contributed by atoms with E-state index in [4.69, 9.17) is 32.7 Å². The number of methoxy groups -OCH3 is 1. The highest BCUT2D eigenvalue weighted by atomic mass is 35.5. The van der Waals surface area contributed by atoms with E-state index in [1.165, 1.54) is 7.11 Å². The molecule has 1 heterocycles. The minimum Gasteiger partial charge on any atom is -0.493 e. The van der Waals surface area contributed by atoms with E-state index in [1.807, 2.05) is 0 Å². The monoisotopic (exact) mass is 348 g/mol. The molecule has 0 saturated carbocycles. The van der Waals surface area contributed by atoms with E-state index in [2.05, 4.69) is 9.97 Å². The lowest BCUT2D eigenvalue weighted by Gasteiger charge is -2.12. The smallest absolute Gasteiger partial charge is 0.249 e. The summed E-state index contributed by atoms with van der Waals surface area (Å²) < 4.78 is 33.5. The third-order valence-electron chi connectivity index (χ3n) is 2.38. The molecule has 112 valence electrons. The summed E-state index contributed by atoms with van der Waals surface area (Å²) in [7, 11) is -2.14. The maximum Gasteiger partial charge on any atom is 0.249 e. The van der Waals surface area contributed by atoms with E-state index in [9.17, 15) is 8.42 Å². The molecule has 0 aliphatic carbocycles. The molecule has 6 nitrogen and oxygen atoms in total. The van der Waals surface area contributed by atoms with Crippen LogP contribution < -0.4 is 9.47 Å². The van der Waals surface area contributed by atoms with Gasteiger partial charge in [-0.05, 0) is 12.1 Å². The molecular weight excluding hydrogens is 339 g/mol. The molecule has 0 aliphatic heterocycles. The van der Waals surface area contributed by atoms with Crippen molar-refractivity contribution in [1.29, 1.82) is 0 Å². The predicted molar refractivity (Wildman–Crippen MR) is 78.2 cm³/mol. The molecule has 2 aromatic rings. The van der Waals surface area contributed by atoms with E-state index in [1.54, 1.807) is 24.3 Å². The van der Waals surface area contributed by atoms with Gasteiger partial charge in [-0.25, -0.2) is 18.4 Å². The Labute approximate surface area is 131 Å². The summed E-state index contributed by atoms with van der Waals surface area (Å²) in [6.45, 7) is 0. The number of halogens is 2. The second-order valence-corrected chi connectivity index (χ2v) is 6.57. The molecule has 1 aromatic carbocycles. The number of benzene rings is 1. The van der Waals surface area contributed by atoms with Crippen LogP contribution in [-0.4, -0.2) is 31.8 Å². The maximum absolute atomic E-state index is 11.4. The molecule has 0 saturated heterocycles. The molecular formula is C12H10Cl2N2O4S. The van der Waals surface area contributed by atoms with Crippen LogP contribution >= 0.6 is 23.2 Å². The van der Waals surface area contributed by atoms with Crippen LogP contribution in [0.3, 0.4) is 0 Å². The number of aromatic nitrogens is 2. The predicted octanol–water partition coefficient (Wildman–Crippen LogP) is 2.99. The number of nitrogens with zero attached hydrogens (tertiary/aromatic N) is 2.